The molecule has 0 spiro atoms. The summed E-state index contributed by atoms with van der Waals surface area (Å²) in [7, 11) is -0.551. The van der Waals surface area contributed by atoms with Gasteiger partial charge in [0.1, 0.15) is 0 Å². The molecule has 0 saturated carbocycles. The molecule has 0 saturated heterocycles. The van der Waals surface area contributed by atoms with E-state index in [0.29, 0.717) is 6.04 Å². The molecule has 1 radical (unpaired) electrons. The van der Waals surface area contributed by atoms with Crippen LogP contribution in [0.25, 0.3) is 0 Å². The van der Waals surface area contributed by atoms with Crippen LogP contribution in [0.4, 0.5) is 0 Å². The van der Waals surface area contributed by atoms with Crippen LogP contribution in [0.1, 0.15) is 19.8 Å². The van der Waals surface area contributed by atoms with Gasteiger partial charge >= 0.3 is 0 Å². The van der Waals surface area contributed by atoms with E-state index in [0.717, 1.165) is 6.04 Å². The van der Waals surface area contributed by atoms with Crippen LogP contribution in [-0.4, -0.2) is 19.9 Å². The molecule has 0 atom stereocenters. The number of carbonyl (C=O) groups is 1. The molecule has 0 aromatic rings. The second-order valence-corrected chi connectivity index (χ2v) is 5.40. The first kappa shape index (κ1) is 9.69. The van der Waals surface area contributed by atoms with Gasteiger partial charge in [0.05, 0.1) is 8.80 Å². The molecule has 0 aromatic carbocycles. The van der Waals surface area contributed by atoms with Gasteiger partial charge < -0.3 is 5.11 Å². The summed E-state index contributed by atoms with van der Waals surface area (Å²) in [5, 5.41) is 8.41. The van der Waals surface area contributed by atoms with Gasteiger partial charge in [0.15, 0.2) is 0 Å². The van der Waals surface area contributed by atoms with Gasteiger partial charge in [-0.3, -0.25) is 4.79 Å². The average molecular weight is 159 g/mol. The maximum Gasteiger partial charge on any atom is 0.300 e. The Hall–Kier alpha value is -0.313. The minimum Gasteiger partial charge on any atom is -0.481 e. The molecule has 0 aliphatic carbocycles. The van der Waals surface area contributed by atoms with Crippen molar-refractivity contribution in [3.05, 3.63) is 0 Å². The maximum absolute atomic E-state index is 10.2. The molecule has 0 heterocycles. The minimum absolute atomic E-state index is 0.421. The molecule has 0 bridgehead atoms. The molecule has 0 unspecified atom stereocenters. The summed E-state index contributed by atoms with van der Waals surface area (Å²) in [6.45, 7) is 4.23. The average Bonchev–Trinajstić information content (AvgIpc) is 1.82. The van der Waals surface area contributed by atoms with Crippen molar-refractivity contribution in [2.75, 3.05) is 0 Å². The molecule has 0 aromatic heterocycles. The zero-order valence-corrected chi connectivity index (χ0v) is 7.68. The van der Waals surface area contributed by atoms with E-state index in [-0.39, 0.29) is 0 Å². The highest BCUT2D eigenvalue weighted by Gasteiger charge is 2.07. The summed E-state index contributed by atoms with van der Waals surface area (Å²) >= 11 is 0. The van der Waals surface area contributed by atoms with Crippen LogP contribution in [0.5, 0.6) is 0 Å². The van der Waals surface area contributed by atoms with E-state index in [2.05, 4.69) is 13.5 Å². The Morgan fingerprint density at radius 1 is 1.60 bits per heavy atom. The van der Waals surface area contributed by atoms with E-state index in [4.69, 9.17) is 5.11 Å². The predicted octanol–water partition coefficient (Wildman–Crippen LogP) is 2.00. The Balaban J connectivity index is 3.25. The molecule has 10 heavy (non-hydrogen) atoms. The second kappa shape index (κ2) is 5.47. The molecule has 0 aliphatic rings. The maximum atomic E-state index is 10.2. The fraction of sp³-hybridized carbons (Fsp3) is 0.857. The monoisotopic (exact) mass is 159 g/mol. The number of carboxylic acid groups (broad SMARTS) is 1. The quantitative estimate of drug-likeness (QED) is 0.623. The number of aliphatic carboxylic acids is 1. The first-order chi connectivity index (χ1) is 4.66. The lowest BCUT2D eigenvalue weighted by Gasteiger charge is -2.03. The minimum atomic E-state index is -0.632. The van der Waals surface area contributed by atoms with Gasteiger partial charge in [-0.1, -0.05) is 32.4 Å². The summed E-state index contributed by atoms with van der Waals surface area (Å²) in [6.07, 6.45) is 2.37. The zero-order valence-electron chi connectivity index (χ0n) is 6.68. The Bertz CT molecular complexity index is 104. The Morgan fingerprint density at radius 3 is 2.60 bits per heavy atom. The normalized spacial score (nSPS) is 10.3. The van der Waals surface area contributed by atoms with Crippen molar-refractivity contribution in [1.29, 1.82) is 0 Å². The molecule has 3 heteroatoms. The fourth-order valence-electron chi connectivity index (χ4n) is 0.825. The third-order valence-corrected chi connectivity index (χ3v) is 3.52. The van der Waals surface area contributed by atoms with E-state index in [1.807, 2.05) is 0 Å². The number of unbranched alkanes of at least 4 members (excludes halogenated alkanes) is 1. The third kappa shape index (κ3) is 5.82. The standard InChI is InChI=1S/C7H15O2Si/c1-3-4-5-10(2)6-7(8)9/h3-6H2,1-2H3,(H,8,9). The van der Waals surface area contributed by atoms with Gasteiger partial charge in [-0.05, 0) is 0 Å². The SMILES string of the molecule is CCCC[Si](C)CC(=O)O. The highest BCUT2D eigenvalue weighted by molar-refractivity contribution is 6.60. The lowest BCUT2D eigenvalue weighted by Crippen LogP contribution is -2.11. The molecule has 1 N–H and O–H groups in total. The van der Waals surface area contributed by atoms with Crippen LogP contribution in [0.15, 0.2) is 0 Å². The largest absolute Gasteiger partial charge is 0.481 e. The van der Waals surface area contributed by atoms with E-state index in [9.17, 15) is 4.79 Å². The van der Waals surface area contributed by atoms with Crippen LogP contribution in [0.3, 0.4) is 0 Å². The van der Waals surface area contributed by atoms with Crippen LogP contribution >= 0.6 is 0 Å². The third-order valence-electron chi connectivity index (χ3n) is 1.41. The van der Waals surface area contributed by atoms with Crippen LogP contribution in [0, 0.1) is 0 Å². The predicted molar refractivity (Wildman–Crippen MR) is 43.8 cm³/mol. The van der Waals surface area contributed by atoms with Gasteiger partial charge in [0, 0.05) is 6.04 Å². The van der Waals surface area contributed by atoms with Gasteiger partial charge in [0.25, 0.3) is 5.97 Å². The zero-order chi connectivity index (χ0) is 7.98. The van der Waals surface area contributed by atoms with Crippen LogP contribution in [0.2, 0.25) is 18.6 Å². The second-order valence-electron chi connectivity index (χ2n) is 2.63. The summed E-state index contributed by atoms with van der Waals surface area (Å²) in [5.41, 5.74) is 0. The molecule has 0 fully saturated rings. The first-order valence-corrected chi connectivity index (χ1v) is 6.11. The van der Waals surface area contributed by atoms with Crippen LogP contribution < -0.4 is 0 Å². The van der Waals surface area contributed by atoms with Crippen molar-refractivity contribution in [3.8, 4) is 0 Å². The molecule has 0 aliphatic heterocycles. The topological polar surface area (TPSA) is 37.3 Å². The summed E-state index contributed by atoms with van der Waals surface area (Å²) in [4.78, 5) is 10.2. The van der Waals surface area contributed by atoms with E-state index in [1.165, 1.54) is 12.8 Å². The summed E-state index contributed by atoms with van der Waals surface area (Å²) in [6, 6.07) is 1.57. The van der Waals surface area contributed by atoms with E-state index >= 15 is 0 Å². The number of rotatable bonds is 5. The summed E-state index contributed by atoms with van der Waals surface area (Å²) < 4.78 is 0. The Labute approximate surface area is 63.9 Å². The molecular weight excluding hydrogens is 144 g/mol. The van der Waals surface area contributed by atoms with Crippen molar-refractivity contribution in [2.24, 2.45) is 0 Å². The first-order valence-electron chi connectivity index (χ1n) is 3.70. The molecule has 0 rings (SSSR count). The number of carboxylic acids is 1. The number of hydrogen-bond donors (Lipinski definition) is 1. The Kier molecular flexibility index (Phi) is 5.30. The van der Waals surface area contributed by atoms with E-state index < -0.39 is 14.8 Å². The molecule has 2 nitrogen and oxygen atoms in total. The Morgan fingerprint density at radius 2 is 2.20 bits per heavy atom. The van der Waals surface area contributed by atoms with Gasteiger partial charge in [-0.2, -0.15) is 0 Å². The van der Waals surface area contributed by atoms with Crippen molar-refractivity contribution in [3.63, 3.8) is 0 Å². The van der Waals surface area contributed by atoms with Crippen molar-refractivity contribution in [2.45, 2.75) is 38.4 Å². The lowest BCUT2D eigenvalue weighted by atomic mass is 10.4. The van der Waals surface area contributed by atoms with E-state index in [1.54, 1.807) is 0 Å². The number of hydrogen-bond acceptors (Lipinski definition) is 1. The fourth-order valence-corrected chi connectivity index (χ4v) is 2.48. The van der Waals surface area contributed by atoms with Crippen LogP contribution in [-0.2, 0) is 4.79 Å². The van der Waals surface area contributed by atoms with Crippen molar-refractivity contribution < 1.29 is 9.90 Å². The molecular formula is C7H15O2Si. The van der Waals surface area contributed by atoms with Gasteiger partial charge in [-0.25, -0.2) is 0 Å². The molecule has 59 valence electrons. The highest BCUT2D eigenvalue weighted by atomic mass is 28.3. The van der Waals surface area contributed by atoms with Crippen molar-refractivity contribution in [1.82, 2.24) is 0 Å². The smallest absolute Gasteiger partial charge is 0.300 e. The van der Waals surface area contributed by atoms with Gasteiger partial charge in [-0.15, -0.1) is 0 Å². The lowest BCUT2D eigenvalue weighted by molar-refractivity contribution is -0.134. The summed E-state index contributed by atoms with van der Waals surface area (Å²) in [5.74, 6) is -0.632. The van der Waals surface area contributed by atoms with Gasteiger partial charge in [0.2, 0.25) is 0 Å². The highest BCUT2D eigenvalue weighted by Crippen LogP contribution is 2.04. The molecule has 0 amide bonds. The van der Waals surface area contributed by atoms with Crippen molar-refractivity contribution >= 4 is 14.8 Å².